The molecular weight excluding hydrogens is 324 g/mol. The van der Waals surface area contributed by atoms with Crippen LogP contribution in [0.2, 0.25) is 5.02 Å². The Morgan fingerprint density at radius 1 is 1.17 bits per heavy atom. The summed E-state index contributed by atoms with van der Waals surface area (Å²) >= 11 is 6.02. The lowest BCUT2D eigenvalue weighted by atomic mass is 10.1. The second-order valence-electron chi connectivity index (χ2n) is 6.13. The van der Waals surface area contributed by atoms with Crippen LogP contribution >= 0.6 is 11.6 Å². The third-order valence-electron chi connectivity index (χ3n) is 4.26. The first kappa shape index (κ1) is 16.5. The zero-order valence-electron chi connectivity index (χ0n) is 13.7. The van der Waals surface area contributed by atoms with E-state index in [0.29, 0.717) is 17.1 Å². The minimum atomic E-state index is -0.110. The van der Waals surface area contributed by atoms with Gasteiger partial charge in [-0.1, -0.05) is 35.4 Å². The second-order valence-corrected chi connectivity index (χ2v) is 6.57. The number of carbonyl (C=O) groups is 2. The van der Waals surface area contributed by atoms with Crippen molar-refractivity contribution in [3.05, 3.63) is 64.7 Å². The first-order valence-corrected chi connectivity index (χ1v) is 8.27. The Morgan fingerprint density at radius 3 is 2.54 bits per heavy atom. The molecule has 0 aliphatic carbocycles. The topological polar surface area (TPSA) is 40.6 Å². The molecule has 1 fully saturated rings. The van der Waals surface area contributed by atoms with Crippen LogP contribution in [-0.2, 0) is 4.79 Å². The Hall–Kier alpha value is -2.33. The standard InChI is InChI=1S/C19H19ClN2O2/c1-13-6-8-15(9-7-13)19(24)21-12-18(23)22(11-14(21)2)17-5-3-4-16(20)10-17/h3-10,14H,11-12H2,1-2H3. The number of hydrogen-bond acceptors (Lipinski definition) is 2. The maximum atomic E-state index is 12.7. The van der Waals surface area contributed by atoms with E-state index in [0.717, 1.165) is 11.3 Å². The van der Waals surface area contributed by atoms with Crippen molar-refractivity contribution >= 4 is 29.1 Å². The van der Waals surface area contributed by atoms with E-state index in [9.17, 15) is 9.59 Å². The van der Waals surface area contributed by atoms with E-state index < -0.39 is 0 Å². The largest absolute Gasteiger partial charge is 0.325 e. The van der Waals surface area contributed by atoms with Crippen LogP contribution in [0.3, 0.4) is 0 Å². The van der Waals surface area contributed by atoms with Gasteiger partial charge >= 0.3 is 0 Å². The van der Waals surface area contributed by atoms with Gasteiger partial charge in [-0.15, -0.1) is 0 Å². The average molecular weight is 343 g/mol. The summed E-state index contributed by atoms with van der Waals surface area (Å²) in [6.07, 6.45) is 0. The van der Waals surface area contributed by atoms with Crippen LogP contribution < -0.4 is 4.90 Å². The quantitative estimate of drug-likeness (QED) is 0.837. The van der Waals surface area contributed by atoms with Crippen molar-refractivity contribution in [2.24, 2.45) is 0 Å². The van der Waals surface area contributed by atoms with E-state index in [4.69, 9.17) is 11.6 Å². The van der Waals surface area contributed by atoms with Crippen molar-refractivity contribution in [1.82, 2.24) is 4.90 Å². The Balaban J connectivity index is 1.79. The van der Waals surface area contributed by atoms with Crippen molar-refractivity contribution < 1.29 is 9.59 Å². The van der Waals surface area contributed by atoms with Gasteiger partial charge in [-0.05, 0) is 44.2 Å². The van der Waals surface area contributed by atoms with Crippen LogP contribution in [0.15, 0.2) is 48.5 Å². The summed E-state index contributed by atoms with van der Waals surface area (Å²) in [4.78, 5) is 28.6. The molecule has 1 atom stereocenters. The number of amides is 2. The highest BCUT2D eigenvalue weighted by atomic mass is 35.5. The summed E-state index contributed by atoms with van der Waals surface area (Å²) in [7, 11) is 0. The van der Waals surface area contributed by atoms with Gasteiger partial charge in [0, 0.05) is 28.9 Å². The van der Waals surface area contributed by atoms with Crippen LogP contribution in [0.1, 0.15) is 22.8 Å². The van der Waals surface area contributed by atoms with Crippen LogP contribution in [0.4, 0.5) is 5.69 Å². The molecule has 0 spiro atoms. The number of carbonyl (C=O) groups excluding carboxylic acids is 2. The fourth-order valence-electron chi connectivity index (χ4n) is 2.88. The van der Waals surface area contributed by atoms with Crippen molar-refractivity contribution in [1.29, 1.82) is 0 Å². The normalized spacial score (nSPS) is 18.0. The molecule has 0 aromatic heterocycles. The number of benzene rings is 2. The van der Waals surface area contributed by atoms with Crippen LogP contribution in [-0.4, -0.2) is 35.8 Å². The highest BCUT2D eigenvalue weighted by Gasteiger charge is 2.33. The number of halogens is 1. The lowest BCUT2D eigenvalue weighted by Crippen LogP contribution is -2.57. The van der Waals surface area contributed by atoms with Crippen molar-refractivity contribution in [2.75, 3.05) is 18.0 Å². The Bertz CT molecular complexity index is 773. The molecule has 0 bridgehead atoms. The number of piperazine rings is 1. The molecule has 1 unspecified atom stereocenters. The molecule has 3 rings (SSSR count). The Labute approximate surface area is 146 Å². The van der Waals surface area contributed by atoms with Crippen molar-refractivity contribution in [3.63, 3.8) is 0 Å². The van der Waals surface area contributed by atoms with E-state index in [2.05, 4.69) is 0 Å². The fourth-order valence-corrected chi connectivity index (χ4v) is 3.06. The molecule has 0 saturated carbocycles. The number of hydrogen-bond donors (Lipinski definition) is 0. The molecule has 2 aromatic carbocycles. The van der Waals surface area contributed by atoms with Gasteiger partial charge in [-0.25, -0.2) is 0 Å². The predicted octanol–water partition coefficient (Wildman–Crippen LogP) is 3.53. The van der Waals surface area contributed by atoms with E-state index in [-0.39, 0.29) is 24.4 Å². The molecule has 124 valence electrons. The first-order valence-electron chi connectivity index (χ1n) is 7.89. The maximum absolute atomic E-state index is 12.7. The summed E-state index contributed by atoms with van der Waals surface area (Å²) in [6, 6.07) is 14.6. The van der Waals surface area contributed by atoms with E-state index in [1.165, 1.54) is 0 Å². The molecule has 4 nitrogen and oxygen atoms in total. The third kappa shape index (κ3) is 3.29. The van der Waals surface area contributed by atoms with Crippen molar-refractivity contribution in [3.8, 4) is 0 Å². The number of nitrogens with zero attached hydrogens (tertiary/aromatic N) is 2. The summed E-state index contributed by atoms with van der Waals surface area (Å²) in [5.74, 6) is -0.211. The monoisotopic (exact) mass is 342 g/mol. The molecule has 0 N–H and O–H groups in total. The smallest absolute Gasteiger partial charge is 0.254 e. The average Bonchev–Trinajstić information content (AvgIpc) is 2.56. The Morgan fingerprint density at radius 2 is 1.88 bits per heavy atom. The molecular formula is C19H19ClN2O2. The molecule has 24 heavy (non-hydrogen) atoms. The van der Waals surface area contributed by atoms with Crippen LogP contribution in [0.25, 0.3) is 0 Å². The lowest BCUT2D eigenvalue weighted by Gasteiger charge is -2.39. The highest BCUT2D eigenvalue weighted by molar-refractivity contribution is 6.30. The molecule has 2 amide bonds. The summed E-state index contributed by atoms with van der Waals surface area (Å²) in [6.45, 7) is 4.46. The number of rotatable bonds is 2. The van der Waals surface area contributed by atoms with Gasteiger partial charge in [-0.3, -0.25) is 9.59 Å². The van der Waals surface area contributed by atoms with E-state index >= 15 is 0 Å². The zero-order chi connectivity index (χ0) is 17.3. The van der Waals surface area contributed by atoms with Crippen LogP contribution in [0, 0.1) is 6.92 Å². The number of anilines is 1. The van der Waals surface area contributed by atoms with Gasteiger partial charge in [0.25, 0.3) is 5.91 Å². The second kappa shape index (κ2) is 6.65. The molecule has 5 heteroatoms. The third-order valence-corrected chi connectivity index (χ3v) is 4.50. The summed E-state index contributed by atoms with van der Waals surface area (Å²) in [5.41, 5.74) is 2.47. The van der Waals surface area contributed by atoms with E-state index in [1.807, 2.05) is 38.1 Å². The molecule has 1 aliphatic heterocycles. The van der Waals surface area contributed by atoms with Gasteiger partial charge in [-0.2, -0.15) is 0 Å². The SMILES string of the molecule is Cc1ccc(C(=O)N2CC(=O)N(c3cccc(Cl)c3)CC2C)cc1. The van der Waals surface area contributed by atoms with Crippen LogP contribution in [0.5, 0.6) is 0 Å². The van der Waals surface area contributed by atoms with Gasteiger partial charge in [0.1, 0.15) is 6.54 Å². The summed E-state index contributed by atoms with van der Waals surface area (Å²) in [5, 5.41) is 0.589. The highest BCUT2D eigenvalue weighted by Crippen LogP contribution is 2.24. The predicted molar refractivity (Wildman–Crippen MR) is 95.5 cm³/mol. The molecule has 1 saturated heterocycles. The molecule has 2 aromatic rings. The molecule has 1 aliphatic rings. The zero-order valence-corrected chi connectivity index (χ0v) is 14.5. The Kier molecular flexibility index (Phi) is 4.58. The maximum Gasteiger partial charge on any atom is 0.254 e. The lowest BCUT2D eigenvalue weighted by molar-refractivity contribution is -0.121. The van der Waals surface area contributed by atoms with Gasteiger partial charge < -0.3 is 9.80 Å². The molecule has 1 heterocycles. The number of aryl methyl sites for hydroxylation is 1. The first-order chi connectivity index (χ1) is 11.5. The minimum Gasteiger partial charge on any atom is -0.325 e. The van der Waals surface area contributed by atoms with Crippen molar-refractivity contribution in [2.45, 2.75) is 19.9 Å². The van der Waals surface area contributed by atoms with Gasteiger partial charge in [0.15, 0.2) is 0 Å². The van der Waals surface area contributed by atoms with E-state index in [1.54, 1.807) is 34.1 Å². The van der Waals surface area contributed by atoms with Gasteiger partial charge in [0.2, 0.25) is 5.91 Å². The fraction of sp³-hybridized carbons (Fsp3) is 0.263. The minimum absolute atomic E-state index is 0.0698. The van der Waals surface area contributed by atoms with Gasteiger partial charge in [0.05, 0.1) is 0 Å². The summed E-state index contributed by atoms with van der Waals surface area (Å²) < 4.78 is 0. The molecule has 0 radical (unpaired) electrons.